The van der Waals surface area contributed by atoms with Crippen molar-refractivity contribution in [2.24, 2.45) is 0 Å². The van der Waals surface area contributed by atoms with Crippen LogP contribution >= 0.6 is 23.7 Å². The molecular weight excluding hydrogens is 408 g/mol. The molecule has 2 aromatic carbocycles. The van der Waals surface area contributed by atoms with E-state index in [4.69, 9.17) is 4.74 Å². The second-order valence-corrected chi connectivity index (χ2v) is 7.39. The van der Waals surface area contributed by atoms with Crippen LogP contribution in [0.3, 0.4) is 0 Å². The number of para-hydroxylation sites is 1. The Kier molecular flexibility index (Phi) is 7.03. The predicted molar refractivity (Wildman–Crippen MR) is 120 cm³/mol. The van der Waals surface area contributed by atoms with Crippen LogP contribution in [0.25, 0.3) is 21.5 Å². The van der Waals surface area contributed by atoms with Crippen LogP contribution in [0.15, 0.2) is 42.5 Å². The molecule has 7 nitrogen and oxygen atoms in total. The summed E-state index contributed by atoms with van der Waals surface area (Å²) in [7, 11) is 1.69. The van der Waals surface area contributed by atoms with Crippen molar-refractivity contribution in [2.75, 3.05) is 25.5 Å². The second kappa shape index (κ2) is 9.69. The number of aryl methyl sites for hydroxylation is 1. The highest BCUT2D eigenvalue weighted by Gasteiger charge is 2.09. The first kappa shape index (κ1) is 21.0. The number of halogens is 1. The van der Waals surface area contributed by atoms with E-state index >= 15 is 0 Å². The normalized spacial score (nSPS) is 10.7. The monoisotopic (exact) mass is 430 g/mol. The number of ether oxygens (including phenoxy) is 1. The van der Waals surface area contributed by atoms with Crippen molar-refractivity contribution in [3.05, 3.63) is 53.7 Å². The number of fused-ring (bicyclic) bond motifs is 1. The predicted octanol–water partition coefficient (Wildman–Crippen LogP) is 4.02. The maximum Gasteiger partial charge on any atom is 0.206 e. The largest absolute Gasteiger partial charge is 0.496 e. The molecule has 3 N–H and O–H groups in total. The molecule has 0 amide bonds. The molecule has 29 heavy (non-hydrogen) atoms. The molecule has 0 aliphatic rings. The average molecular weight is 431 g/mol. The lowest BCUT2D eigenvalue weighted by molar-refractivity contribution is 0.408. The minimum atomic E-state index is 0. The van der Waals surface area contributed by atoms with Crippen LogP contribution in [0.2, 0.25) is 0 Å². The summed E-state index contributed by atoms with van der Waals surface area (Å²) in [6.45, 7) is 4.36. The Bertz CT molecular complexity index is 1080. The van der Waals surface area contributed by atoms with Gasteiger partial charge in [0.05, 0.1) is 12.6 Å². The maximum absolute atomic E-state index is 5.37. The van der Waals surface area contributed by atoms with Crippen molar-refractivity contribution in [3.8, 4) is 16.3 Å². The molecule has 0 atom stereocenters. The van der Waals surface area contributed by atoms with Gasteiger partial charge >= 0.3 is 0 Å². The summed E-state index contributed by atoms with van der Waals surface area (Å²) < 4.78 is 5.37. The Hall–Kier alpha value is -2.68. The zero-order chi connectivity index (χ0) is 19.3. The smallest absolute Gasteiger partial charge is 0.206 e. The molecule has 0 saturated carbocycles. The molecule has 152 valence electrons. The molecule has 2 heterocycles. The van der Waals surface area contributed by atoms with Crippen molar-refractivity contribution in [1.29, 1.82) is 0 Å². The number of H-pyrrole nitrogens is 1. The van der Waals surface area contributed by atoms with Gasteiger partial charge in [-0.3, -0.25) is 5.10 Å². The second-order valence-electron chi connectivity index (χ2n) is 6.41. The SMILES string of the molecule is COc1ccccc1CNCCNc1nnc(-c2ccc3n[nH]c(C)c3c2)s1.Cl. The standard InChI is InChI=1S/C20H22N6OS.ClH/c1-13-16-11-14(7-8-17(16)24-23-13)19-25-26-20(28-19)22-10-9-21-12-15-5-3-4-6-18(15)27-2;/h3-8,11,21H,9-10,12H2,1-2H3,(H,22,26)(H,23,24);1H. The molecule has 0 spiro atoms. The fourth-order valence-electron chi connectivity index (χ4n) is 3.01. The average Bonchev–Trinajstić information content (AvgIpc) is 3.35. The summed E-state index contributed by atoms with van der Waals surface area (Å²) in [5.74, 6) is 0.904. The number of hydrogen-bond donors (Lipinski definition) is 3. The fraction of sp³-hybridized carbons (Fsp3) is 0.250. The molecule has 4 rings (SSSR count). The number of rotatable bonds is 8. The summed E-state index contributed by atoms with van der Waals surface area (Å²) in [6.07, 6.45) is 0. The van der Waals surface area contributed by atoms with E-state index in [0.717, 1.165) is 63.2 Å². The molecule has 0 saturated heterocycles. The minimum Gasteiger partial charge on any atom is -0.496 e. The van der Waals surface area contributed by atoms with E-state index in [0.29, 0.717) is 0 Å². The summed E-state index contributed by atoms with van der Waals surface area (Å²) in [4.78, 5) is 0. The van der Waals surface area contributed by atoms with Crippen LogP contribution in [-0.2, 0) is 6.54 Å². The molecule has 0 aliphatic carbocycles. The van der Waals surface area contributed by atoms with Gasteiger partial charge in [0.15, 0.2) is 0 Å². The quantitative estimate of drug-likeness (QED) is 0.366. The van der Waals surface area contributed by atoms with Gasteiger partial charge in [-0.1, -0.05) is 29.5 Å². The van der Waals surface area contributed by atoms with Gasteiger partial charge in [-0.15, -0.1) is 22.6 Å². The van der Waals surface area contributed by atoms with Crippen LogP contribution in [0.5, 0.6) is 5.75 Å². The maximum atomic E-state index is 5.37. The van der Waals surface area contributed by atoms with Crippen LogP contribution in [0.1, 0.15) is 11.3 Å². The zero-order valence-electron chi connectivity index (χ0n) is 16.2. The highest BCUT2D eigenvalue weighted by molar-refractivity contribution is 7.18. The van der Waals surface area contributed by atoms with Crippen molar-refractivity contribution in [2.45, 2.75) is 13.5 Å². The zero-order valence-corrected chi connectivity index (χ0v) is 17.9. The molecule has 9 heteroatoms. The molecule has 2 aromatic heterocycles. The van der Waals surface area contributed by atoms with Gasteiger partial charge in [0.1, 0.15) is 10.8 Å². The number of aromatic amines is 1. The Labute approximate surface area is 179 Å². The van der Waals surface area contributed by atoms with Crippen LogP contribution in [0, 0.1) is 6.92 Å². The summed E-state index contributed by atoms with van der Waals surface area (Å²) in [6, 6.07) is 14.2. The van der Waals surface area contributed by atoms with Gasteiger partial charge in [0, 0.05) is 41.8 Å². The van der Waals surface area contributed by atoms with Crippen LogP contribution in [0.4, 0.5) is 5.13 Å². The Balaban J connectivity index is 0.00000240. The molecular formula is C20H23ClN6OS. The van der Waals surface area contributed by atoms with Gasteiger partial charge in [-0.25, -0.2) is 0 Å². The summed E-state index contributed by atoms with van der Waals surface area (Å²) in [5, 5.41) is 25.4. The number of nitrogens with zero attached hydrogens (tertiary/aromatic N) is 3. The summed E-state index contributed by atoms with van der Waals surface area (Å²) >= 11 is 1.55. The highest BCUT2D eigenvalue weighted by Crippen LogP contribution is 2.29. The molecule has 0 unspecified atom stereocenters. The first-order valence-electron chi connectivity index (χ1n) is 9.09. The third kappa shape index (κ3) is 4.84. The minimum absolute atomic E-state index is 0. The molecule has 0 fully saturated rings. The molecule has 0 bridgehead atoms. The van der Waals surface area contributed by atoms with Crippen molar-refractivity contribution < 1.29 is 4.74 Å². The Morgan fingerprint density at radius 1 is 1.10 bits per heavy atom. The lowest BCUT2D eigenvalue weighted by Crippen LogP contribution is -2.22. The van der Waals surface area contributed by atoms with E-state index in [2.05, 4.69) is 43.2 Å². The molecule has 4 aromatic rings. The topological polar surface area (TPSA) is 87.8 Å². The van der Waals surface area contributed by atoms with Gasteiger partial charge < -0.3 is 15.4 Å². The van der Waals surface area contributed by atoms with Crippen LogP contribution in [-0.4, -0.2) is 40.6 Å². The van der Waals surface area contributed by atoms with E-state index in [9.17, 15) is 0 Å². The Morgan fingerprint density at radius 2 is 1.97 bits per heavy atom. The molecule has 0 aliphatic heterocycles. The first-order valence-corrected chi connectivity index (χ1v) is 9.91. The third-order valence-electron chi connectivity index (χ3n) is 4.50. The van der Waals surface area contributed by atoms with Crippen molar-refractivity contribution in [3.63, 3.8) is 0 Å². The Morgan fingerprint density at radius 3 is 2.83 bits per heavy atom. The number of hydrogen-bond acceptors (Lipinski definition) is 7. The van der Waals surface area contributed by atoms with Gasteiger partial charge in [0.25, 0.3) is 0 Å². The van der Waals surface area contributed by atoms with Gasteiger partial charge in [-0.2, -0.15) is 5.10 Å². The number of nitrogens with one attached hydrogen (secondary N) is 3. The van der Waals surface area contributed by atoms with E-state index in [1.165, 1.54) is 0 Å². The lowest BCUT2D eigenvalue weighted by Gasteiger charge is -2.09. The van der Waals surface area contributed by atoms with E-state index in [-0.39, 0.29) is 12.4 Å². The van der Waals surface area contributed by atoms with E-state index < -0.39 is 0 Å². The van der Waals surface area contributed by atoms with Crippen molar-refractivity contribution in [1.82, 2.24) is 25.7 Å². The van der Waals surface area contributed by atoms with E-state index in [1.54, 1.807) is 18.4 Å². The molecule has 0 radical (unpaired) electrons. The van der Waals surface area contributed by atoms with Crippen LogP contribution < -0.4 is 15.4 Å². The third-order valence-corrected chi connectivity index (χ3v) is 5.43. The summed E-state index contributed by atoms with van der Waals surface area (Å²) in [5.41, 5.74) is 4.22. The van der Waals surface area contributed by atoms with Gasteiger partial charge in [-0.05, 0) is 31.2 Å². The highest BCUT2D eigenvalue weighted by atomic mass is 35.5. The number of aromatic nitrogens is 4. The first-order chi connectivity index (χ1) is 13.7. The number of anilines is 1. The fourth-order valence-corrected chi connectivity index (χ4v) is 3.78. The van der Waals surface area contributed by atoms with Crippen molar-refractivity contribution >= 4 is 39.8 Å². The lowest BCUT2D eigenvalue weighted by atomic mass is 10.1. The van der Waals surface area contributed by atoms with E-state index in [1.807, 2.05) is 37.3 Å². The number of methoxy groups -OCH3 is 1. The number of benzene rings is 2. The van der Waals surface area contributed by atoms with Gasteiger partial charge in [0.2, 0.25) is 5.13 Å².